The smallest absolute Gasteiger partial charge is 0.315 e. The summed E-state index contributed by atoms with van der Waals surface area (Å²) in [4.78, 5) is 25.3. The van der Waals surface area contributed by atoms with Crippen molar-refractivity contribution in [3.05, 3.63) is 41.7 Å². The summed E-state index contributed by atoms with van der Waals surface area (Å²) in [5, 5.41) is 13.9. The molecule has 0 bridgehead atoms. The molecule has 9 heteroatoms. The van der Waals surface area contributed by atoms with Crippen LogP contribution in [0.15, 0.2) is 30.5 Å². The minimum Gasteiger partial charge on any atom is -0.343 e. The molecule has 3 amide bonds. The van der Waals surface area contributed by atoms with Crippen LogP contribution in [0.4, 0.5) is 4.79 Å². The van der Waals surface area contributed by atoms with Gasteiger partial charge in [0.05, 0.1) is 17.6 Å². The van der Waals surface area contributed by atoms with Gasteiger partial charge in [0.25, 0.3) is 0 Å². The van der Waals surface area contributed by atoms with Crippen LogP contribution in [0.2, 0.25) is 0 Å². The number of benzene rings is 1. The van der Waals surface area contributed by atoms with Gasteiger partial charge in [0.1, 0.15) is 0 Å². The number of aromatic nitrogens is 3. The standard InChI is InChI=1S/C18H25N7O2/c1-13(26)24-7-5-15(6-8-24)21-18(27)20-11-14-3-2-4-17(9-14)25-12-16(10-19)22-23-25/h2-4,9,12,15H,5-8,10-11,19H2,1H3,(H2,20,21,27). The summed E-state index contributed by atoms with van der Waals surface area (Å²) in [6.07, 6.45) is 3.34. The highest BCUT2D eigenvalue weighted by Gasteiger charge is 2.21. The quantitative estimate of drug-likeness (QED) is 0.709. The lowest BCUT2D eigenvalue weighted by atomic mass is 10.1. The number of piperidine rings is 1. The van der Waals surface area contributed by atoms with Gasteiger partial charge in [0.2, 0.25) is 5.91 Å². The molecule has 1 aromatic heterocycles. The number of nitrogens with two attached hydrogens (primary N) is 1. The number of rotatable bonds is 5. The predicted molar refractivity (Wildman–Crippen MR) is 99.9 cm³/mol. The monoisotopic (exact) mass is 371 g/mol. The fourth-order valence-corrected chi connectivity index (χ4v) is 3.08. The molecule has 3 rings (SSSR count). The van der Waals surface area contributed by atoms with E-state index in [-0.39, 0.29) is 18.0 Å². The molecule has 27 heavy (non-hydrogen) atoms. The number of nitrogens with one attached hydrogen (secondary N) is 2. The SMILES string of the molecule is CC(=O)N1CCC(NC(=O)NCc2cccc(-n3cc(CN)nn3)c2)CC1. The van der Waals surface area contributed by atoms with Gasteiger partial charge in [0.15, 0.2) is 0 Å². The number of likely N-dealkylation sites (tertiary alicyclic amines) is 1. The van der Waals surface area contributed by atoms with E-state index in [1.807, 2.05) is 29.2 Å². The average Bonchev–Trinajstić information content (AvgIpc) is 3.16. The van der Waals surface area contributed by atoms with E-state index in [0.717, 1.165) is 24.1 Å². The van der Waals surface area contributed by atoms with Crippen molar-refractivity contribution in [3.8, 4) is 5.69 Å². The van der Waals surface area contributed by atoms with Crippen LogP contribution in [0.3, 0.4) is 0 Å². The van der Waals surface area contributed by atoms with Gasteiger partial charge in [-0.05, 0) is 30.5 Å². The molecule has 1 aliphatic rings. The van der Waals surface area contributed by atoms with E-state index in [2.05, 4.69) is 20.9 Å². The van der Waals surface area contributed by atoms with Crippen LogP contribution in [0, 0.1) is 0 Å². The topological polar surface area (TPSA) is 118 Å². The normalized spacial score (nSPS) is 14.8. The van der Waals surface area contributed by atoms with E-state index in [1.54, 1.807) is 17.8 Å². The summed E-state index contributed by atoms with van der Waals surface area (Å²) < 4.78 is 1.66. The first-order valence-electron chi connectivity index (χ1n) is 9.05. The molecule has 0 radical (unpaired) electrons. The third kappa shape index (κ3) is 5.04. The number of amides is 3. The van der Waals surface area contributed by atoms with Crippen LogP contribution in [0.5, 0.6) is 0 Å². The Bertz CT molecular complexity index is 797. The molecule has 144 valence electrons. The lowest BCUT2D eigenvalue weighted by Gasteiger charge is -2.31. The maximum absolute atomic E-state index is 12.2. The second-order valence-electron chi connectivity index (χ2n) is 6.64. The summed E-state index contributed by atoms with van der Waals surface area (Å²) in [6.45, 7) is 3.69. The summed E-state index contributed by atoms with van der Waals surface area (Å²) >= 11 is 0. The van der Waals surface area contributed by atoms with Gasteiger partial charge in [-0.25, -0.2) is 9.48 Å². The summed E-state index contributed by atoms with van der Waals surface area (Å²) in [6, 6.07) is 7.60. The van der Waals surface area contributed by atoms with Crippen molar-refractivity contribution in [3.63, 3.8) is 0 Å². The highest BCUT2D eigenvalue weighted by atomic mass is 16.2. The van der Waals surface area contributed by atoms with Crippen molar-refractivity contribution >= 4 is 11.9 Å². The van der Waals surface area contributed by atoms with E-state index in [9.17, 15) is 9.59 Å². The van der Waals surface area contributed by atoms with Gasteiger partial charge >= 0.3 is 6.03 Å². The zero-order chi connectivity index (χ0) is 19.2. The molecule has 2 aromatic rings. The minimum atomic E-state index is -0.201. The number of hydrogen-bond acceptors (Lipinski definition) is 5. The van der Waals surface area contributed by atoms with Crippen molar-refractivity contribution in [1.82, 2.24) is 30.5 Å². The Balaban J connectivity index is 1.49. The van der Waals surface area contributed by atoms with Crippen molar-refractivity contribution in [2.45, 2.75) is 38.9 Å². The molecule has 0 spiro atoms. The molecule has 0 unspecified atom stereocenters. The minimum absolute atomic E-state index is 0.0868. The molecule has 4 N–H and O–H groups in total. The van der Waals surface area contributed by atoms with Gasteiger partial charge in [-0.3, -0.25) is 4.79 Å². The largest absolute Gasteiger partial charge is 0.343 e. The van der Waals surface area contributed by atoms with Crippen molar-refractivity contribution in [2.24, 2.45) is 5.73 Å². The summed E-state index contributed by atoms with van der Waals surface area (Å²) in [5.41, 5.74) is 8.10. The molecule has 1 saturated heterocycles. The first-order chi connectivity index (χ1) is 13.0. The first-order valence-corrected chi connectivity index (χ1v) is 9.05. The molecular weight excluding hydrogens is 346 g/mol. The highest BCUT2D eigenvalue weighted by Crippen LogP contribution is 2.11. The lowest BCUT2D eigenvalue weighted by molar-refractivity contribution is -0.129. The molecule has 9 nitrogen and oxygen atoms in total. The molecule has 0 aliphatic carbocycles. The number of nitrogens with zero attached hydrogens (tertiary/aromatic N) is 4. The summed E-state index contributed by atoms with van der Waals surface area (Å²) in [5.74, 6) is 0.0868. The Hall–Kier alpha value is -2.94. The Labute approximate surface area is 157 Å². The number of carbonyl (C=O) groups is 2. The van der Waals surface area contributed by atoms with Gasteiger partial charge in [-0.15, -0.1) is 5.10 Å². The average molecular weight is 371 g/mol. The zero-order valence-corrected chi connectivity index (χ0v) is 15.4. The second-order valence-corrected chi connectivity index (χ2v) is 6.64. The van der Waals surface area contributed by atoms with Crippen molar-refractivity contribution in [1.29, 1.82) is 0 Å². The Morgan fingerprint density at radius 2 is 2.07 bits per heavy atom. The van der Waals surface area contributed by atoms with E-state index in [0.29, 0.717) is 31.9 Å². The molecule has 2 heterocycles. The molecule has 1 fully saturated rings. The van der Waals surface area contributed by atoms with Gasteiger partial charge in [-0.1, -0.05) is 17.3 Å². The van der Waals surface area contributed by atoms with Crippen LogP contribution >= 0.6 is 0 Å². The van der Waals surface area contributed by atoms with Crippen LogP contribution in [0.1, 0.15) is 31.0 Å². The van der Waals surface area contributed by atoms with E-state index < -0.39 is 0 Å². The maximum atomic E-state index is 12.2. The first kappa shape index (κ1) is 18.8. The van der Waals surface area contributed by atoms with Gasteiger partial charge in [-0.2, -0.15) is 0 Å². The maximum Gasteiger partial charge on any atom is 0.315 e. The fraction of sp³-hybridized carbons (Fsp3) is 0.444. The van der Waals surface area contributed by atoms with Crippen LogP contribution in [-0.4, -0.2) is 51.0 Å². The third-order valence-corrected chi connectivity index (χ3v) is 4.65. The van der Waals surface area contributed by atoms with Crippen LogP contribution in [0.25, 0.3) is 5.69 Å². The number of hydrogen-bond donors (Lipinski definition) is 3. The van der Waals surface area contributed by atoms with Gasteiger partial charge in [0, 0.05) is 39.1 Å². The van der Waals surface area contributed by atoms with Crippen LogP contribution < -0.4 is 16.4 Å². The van der Waals surface area contributed by atoms with Crippen molar-refractivity contribution in [2.75, 3.05) is 13.1 Å². The second kappa shape index (κ2) is 8.63. The molecular formula is C18H25N7O2. The number of carbonyl (C=O) groups excluding carboxylic acids is 2. The third-order valence-electron chi connectivity index (χ3n) is 4.65. The Morgan fingerprint density at radius 3 is 2.74 bits per heavy atom. The highest BCUT2D eigenvalue weighted by molar-refractivity contribution is 5.75. The molecule has 0 atom stereocenters. The zero-order valence-electron chi connectivity index (χ0n) is 15.4. The van der Waals surface area contributed by atoms with E-state index in [4.69, 9.17) is 5.73 Å². The molecule has 0 saturated carbocycles. The Morgan fingerprint density at radius 1 is 1.30 bits per heavy atom. The fourth-order valence-electron chi connectivity index (χ4n) is 3.08. The Kier molecular flexibility index (Phi) is 6.02. The van der Waals surface area contributed by atoms with E-state index in [1.165, 1.54) is 0 Å². The molecule has 1 aromatic carbocycles. The van der Waals surface area contributed by atoms with E-state index >= 15 is 0 Å². The molecule has 1 aliphatic heterocycles. The van der Waals surface area contributed by atoms with Gasteiger partial charge < -0.3 is 21.3 Å². The lowest BCUT2D eigenvalue weighted by Crippen LogP contribution is -2.48. The predicted octanol–water partition coefficient (Wildman–Crippen LogP) is 0.536. The summed E-state index contributed by atoms with van der Waals surface area (Å²) in [7, 11) is 0. The van der Waals surface area contributed by atoms with Crippen molar-refractivity contribution < 1.29 is 9.59 Å². The number of urea groups is 1. The van der Waals surface area contributed by atoms with Crippen LogP contribution in [-0.2, 0) is 17.9 Å².